The lowest BCUT2D eigenvalue weighted by atomic mass is 10.5. The molecule has 1 N–H and O–H groups in total. The predicted molar refractivity (Wildman–Crippen MR) is 57.6 cm³/mol. The SMILES string of the molecule is O=C(Nc1nccnn1)c1csc(Br)n1. The first-order valence-electron chi connectivity index (χ1n) is 3.82. The molecule has 1 amide bonds. The van der Waals surface area contributed by atoms with Gasteiger partial charge in [0.25, 0.3) is 5.91 Å². The summed E-state index contributed by atoms with van der Waals surface area (Å²) < 4.78 is 0.653. The third-order valence-corrected chi connectivity index (χ3v) is 2.78. The zero-order valence-corrected chi connectivity index (χ0v) is 9.62. The second kappa shape index (κ2) is 4.41. The third-order valence-electron chi connectivity index (χ3n) is 1.42. The summed E-state index contributed by atoms with van der Waals surface area (Å²) in [4.78, 5) is 19.3. The Hall–Kier alpha value is -1.41. The van der Waals surface area contributed by atoms with E-state index in [-0.39, 0.29) is 11.9 Å². The molecule has 0 saturated heterocycles. The third kappa shape index (κ3) is 2.54. The number of carbonyl (C=O) groups is 1. The number of thiazole rings is 1. The van der Waals surface area contributed by atoms with Crippen LogP contribution in [0.1, 0.15) is 10.5 Å². The molecule has 0 aliphatic carbocycles. The summed E-state index contributed by atoms with van der Waals surface area (Å²) in [5, 5.41) is 11.3. The summed E-state index contributed by atoms with van der Waals surface area (Å²) in [5.41, 5.74) is 0.319. The van der Waals surface area contributed by atoms with Crippen LogP contribution in [0.5, 0.6) is 0 Å². The minimum absolute atomic E-state index is 0.159. The molecule has 0 unspecified atom stereocenters. The molecule has 2 rings (SSSR count). The van der Waals surface area contributed by atoms with E-state index in [0.29, 0.717) is 9.61 Å². The Bertz CT molecular complexity index is 473. The molecule has 0 saturated carbocycles. The van der Waals surface area contributed by atoms with Gasteiger partial charge in [-0.15, -0.1) is 16.4 Å². The number of aromatic nitrogens is 4. The molecular formula is C7H4BrN5OS. The molecular weight excluding hydrogens is 282 g/mol. The first-order chi connectivity index (χ1) is 7.25. The van der Waals surface area contributed by atoms with Crippen LogP contribution in [0.4, 0.5) is 5.95 Å². The highest BCUT2D eigenvalue weighted by Gasteiger charge is 2.10. The standard InChI is InChI=1S/C7H4BrN5OS/c8-6-11-4(3-15-6)5(14)12-7-9-1-2-10-13-7/h1-3H,(H,9,12,13,14). The Morgan fingerprint density at radius 1 is 1.47 bits per heavy atom. The molecule has 6 nitrogen and oxygen atoms in total. The van der Waals surface area contributed by atoms with Crippen molar-refractivity contribution in [3.8, 4) is 0 Å². The van der Waals surface area contributed by atoms with E-state index in [0.717, 1.165) is 0 Å². The smallest absolute Gasteiger partial charge is 0.277 e. The zero-order chi connectivity index (χ0) is 10.7. The minimum atomic E-state index is -0.357. The quantitative estimate of drug-likeness (QED) is 0.901. The van der Waals surface area contributed by atoms with Gasteiger partial charge >= 0.3 is 0 Å². The molecule has 2 aromatic heterocycles. The highest BCUT2D eigenvalue weighted by molar-refractivity contribution is 9.11. The van der Waals surface area contributed by atoms with Crippen LogP contribution in [0.2, 0.25) is 0 Å². The number of carbonyl (C=O) groups excluding carboxylic acids is 1. The number of halogens is 1. The van der Waals surface area contributed by atoms with Gasteiger partial charge in [0.2, 0.25) is 5.95 Å². The lowest BCUT2D eigenvalue weighted by molar-refractivity contribution is 0.102. The van der Waals surface area contributed by atoms with Crippen molar-refractivity contribution >= 4 is 39.1 Å². The number of nitrogens with one attached hydrogen (secondary N) is 1. The largest absolute Gasteiger partial charge is 0.288 e. The van der Waals surface area contributed by atoms with Crippen molar-refractivity contribution < 1.29 is 4.79 Å². The minimum Gasteiger partial charge on any atom is -0.288 e. The van der Waals surface area contributed by atoms with E-state index in [2.05, 4.69) is 41.4 Å². The molecule has 15 heavy (non-hydrogen) atoms. The Kier molecular flexibility index (Phi) is 2.97. The fraction of sp³-hybridized carbons (Fsp3) is 0. The van der Waals surface area contributed by atoms with E-state index in [4.69, 9.17) is 0 Å². The molecule has 0 spiro atoms. The molecule has 76 valence electrons. The summed E-state index contributed by atoms with van der Waals surface area (Å²) >= 11 is 4.50. The van der Waals surface area contributed by atoms with Crippen LogP contribution in [0.15, 0.2) is 21.7 Å². The Labute approximate surface area is 96.9 Å². The number of hydrogen-bond donors (Lipinski definition) is 1. The molecule has 2 aromatic rings. The Morgan fingerprint density at radius 2 is 2.33 bits per heavy atom. The molecule has 2 heterocycles. The maximum absolute atomic E-state index is 11.5. The van der Waals surface area contributed by atoms with Gasteiger partial charge in [0.05, 0.1) is 12.4 Å². The van der Waals surface area contributed by atoms with Crippen LogP contribution < -0.4 is 5.32 Å². The average Bonchev–Trinajstić information content (AvgIpc) is 2.66. The van der Waals surface area contributed by atoms with Gasteiger partial charge in [-0.05, 0) is 15.9 Å². The summed E-state index contributed by atoms with van der Waals surface area (Å²) in [7, 11) is 0. The Balaban J connectivity index is 2.11. The number of rotatable bonds is 2. The highest BCUT2D eigenvalue weighted by atomic mass is 79.9. The van der Waals surface area contributed by atoms with Crippen molar-refractivity contribution in [1.29, 1.82) is 0 Å². The van der Waals surface area contributed by atoms with E-state index in [9.17, 15) is 4.79 Å². The molecule has 0 aliphatic heterocycles. The van der Waals surface area contributed by atoms with Gasteiger partial charge in [0.15, 0.2) is 3.92 Å². The summed E-state index contributed by atoms with van der Waals surface area (Å²) in [6.45, 7) is 0. The van der Waals surface area contributed by atoms with Gasteiger partial charge < -0.3 is 0 Å². The van der Waals surface area contributed by atoms with Crippen LogP contribution in [0.3, 0.4) is 0 Å². The summed E-state index contributed by atoms with van der Waals surface area (Å²) in [5.74, 6) is -0.198. The predicted octanol–water partition coefficient (Wildman–Crippen LogP) is 1.34. The van der Waals surface area contributed by atoms with Crippen molar-refractivity contribution in [2.24, 2.45) is 0 Å². The first-order valence-corrected chi connectivity index (χ1v) is 5.49. The maximum atomic E-state index is 11.5. The highest BCUT2D eigenvalue weighted by Crippen LogP contribution is 2.16. The van der Waals surface area contributed by atoms with E-state index >= 15 is 0 Å². The van der Waals surface area contributed by atoms with E-state index in [1.807, 2.05) is 0 Å². The van der Waals surface area contributed by atoms with Gasteiger partial charge in [0, 0.05) is 5.38 Å². The molecule has 0 aliphatic rings. The van der Waals surface area contributed by atoms with Crippen molar-refractivity contribution in [3.63, 3.8) is 0 Å². The fourth-order valence-corrected chi connectivity index (χ4v) is 1.82. The van der Waals surface area contributed by atoms with Gasteiger partial charge in [-0.2, -0.15) is 5.10 Å². The number of hydrogen-bond acceptors (Lipinski definition) is 6. The first kappa shape index (κ1) is 10.1. The monoisotopic (exact) mass is 285 g/mol. The average molecular weight is 286 g/mol. The van der Waals surface area contributed by atoms with Crippen LogP contribution >= 0.6 is 27.3 Å². The van der Waals surface area contributed by atoms with Crippen molar-refractivity contribution in [1.82, 2.24) is 20.2 Å². The molecule has 0 atom stereocenters. The van der Waals surface area contributed by atoms with E-state index in [1.165, 1.54) is 23.7 Å². The molecule has 8 heteroatoms. The molecule has 0 bridgehead atoms. The van der Waals surface area contributed by atoms with Crippen molar-refractivity contribution in [2.75, 3.05) is 5.32 Å². The summed E-state index contributed by atoms with van der Waals surface area (Å²) in [6.07, 6.45) is 2.87. The van der Waals surface area contributed by atoms with Gasteiger partial charge in [-0.3, -0.25) is 10.1 Å². The van der Waals surface area contributed by atoms with Gasteiger partial charge in [-0.1, -0.05) is 0 Å². The van der Waals surface area contributed by atoms with E-state index in [1.54, 1.807) is 5.38 Å². The normalized spacial score (nSPS) is 9.93. The van der Waals surface area contributed by atoms with Crippen LogP contribution in [0.25, 0.3) is 0 Å². The zero-order valence-electron chi connectivity index (χ0n) is 7.22. The molecule has 0 radical (unpaired) electrons. The molecule has 0 fully saturated rings. The lowest BCUT2D eigenvalue weighted by Gasteiger charge is -1.98. The van der Waals surface area contributed by atoms with E-state index < -0.39 is 0 Å². The Morgan fingerprint density at radius 3 is 2.93 bits per heavy atom. The molecule has 0 aromatic carbocycles. The van der Waals surface area contributed by atoms with Crippen molar-refractivity contribution in [3.05, 3.63) is 27.4 Å². The lowest BCUT2D eigenvalue weighted by Crippen LogP contribution is -2.14. The number of amides is 1. The van der Waals surface area contributed by atoms with Gasteiger partial charge in [-0.25, -0.2) is 9.97 Å². The number of anilines is 1. The van der Waals surface area contributed by atoms with Gasteiger partial charge in [0.1, 0.15) is 5.69 Å². The maximum Gasteiger partial charge on any atom is 0.277 e. The number of nitrogens with zero attached hydrogens (tertiary/aromatic N) is 4. The van der Waals surface area contributed by atoms with Crippen molar-refractivity contribution in [2.45, 2.75) is 0 Å². The second-order valence-corrected chi connectivity index (χ2v) is 4.54. The second-order valence-electron chi connectivity index (χ2n) is 2.41. The van der Waals surface area contributed by atoms with Crippen LogP contribution in [0, 0.1) is 0 Å². The van der Waals surface area contributed by atoms with Crippen LogP contribution in [-0.2, 0) is 0 Å². The van der Waals surface area contributed by atoms with Crippen LogP contribution in [-0.4, -0.2) is 26.1 Å². The fourth-order valence-electron chi connectivity index (χ4n) is 0.827. The topological polar surface area (TPSA) is 80.7 Å². The summed E-state index contributed by atoms with van der Waals surface area (Å²) in [6, 6.07) is 0.